The summed E-state index contributed by atoms with van der Waals surface area (Å²) in [5.41, 5.74) is 0.795. The number of carbonyl (C=O) groups is 1. The van der Waals surface area contributed by atoms with Crippen LogP contribution < -0.4 is 5.32 Å². The fourth-order valence-electron chi connectivity index (χ4n) is 3.57. The lowest BCUT2D eigenvalue weighted by Gasteiger charge is -2.31. The molecule has 1 aliphatic heterocycles. The second kappa shape index (κ2) is 11.4. The summed E-state index contributed by atoms with van der Waals surface area (Å²) < 4.78 is 20.4. The lowest BCUT2D eigenvalue weighted by molar-refractivity contribution is -0.118. The van der Waals surface area contributed by atoms with Crippen LogP contribution >= 0.6 is 11.8 Å². The van der Waals surface area contributed by atoms with Gasteiger partial charge in [0.25, 0.3) is 0 Å². The summed E-state index contributed by atoms with van der Waals surface area (Å²) in [6.07, 6.45) is 4.39. The minimum Gasteiger partial charge on any atom is -0.385 e. The minimum atomic E-state index is -0.290. The van der Waals surface area contributed by atoms with Gasteiger partial charge < -0.3 is 10.1 Å². The summed E-state index contributed by atoms with van der Waals surface area (Å²) in [6.45, 7) is 5.39. The summed E-state index contributed by atoms with van der Waals surface area (Å²) in [6, 6.07) is 6.39. The van der Waals surface area contributed by atoms with Gasteiger partial charge in [0.1, 0.15) is 5.82 Å². The van der Waals surface area contributed by atoms with Crippen LogP contribution in [0.2, 0.25) is 0 Å². The van der Waals surface area contributed by atoms with Crippen LogP contribution in [0.3, 0.4) is 0 Å². The molecule has 0 radical (unpaired) electrons. The summed E-state index contributed by atoms with van der Waals surface area (Å²) >= 11 is 1.34. The zero-order valence-electron chi connectivity index (χ0n) is 17.6. The molecule has 0 bridgehead atoms. The van der Waals surface area contributed by atoms with E-state index in [1.165, 1.54) is 43.2 Å². The van der Waals surface area contributed by atoms with Crippen molar-refractivity contribution in [2.45, 2.75) is 43.8 Å². The van der Waals surface area contributed by atoms with Gasteiger partial charge in [-0.15, -0.1) is 10.2 Å². The molecule has 1 fully saturated rings. The Morgan fingerprint density at radius 3 is 2.67 bits per heavy atom. The van der Waals surface area contributed by atoms with Crippen molar-refractivity contribution in [3.8, 4) is 5.69 Å². The van der Waals surface area contributed by atoms with E-state index in [1.54, 1.807) is 19.2 Å². The standard InChI is InChI=1S/C21H30FN5O2S/c1-16(26-12-4-3-5-13-26)20-24-25-21(27(20)18-9-7-17(22)8-10-18)30-15-19(28)23-11-6-14-29-2/h7-10,16H,3-6,11-15H2,1-2H3,(H,23,28). The number of amides is 1. The van der Waals surface area contributed by atoms with Crippen LogP contribution in [0.1, 0.15) is 44.5 Å². The number of nitrogens with one attached hydrogen (secondary N) is 1. The average molecular weight is 436 g/mol. The van der Waals surface area contributed by atoms with E-state index in [-0.39, 0.29) is 23.5 Å². The molecule has 1 aromatic carbocycles. The highest BCUT2D eigenvalue weighted by Gasteiger charge is 2.25. The summed E-state index contributed by atoms with van der Waals surface area (Å²) in [4.78, 5) is 14.6. The highest BCUT2D eigenvalue weighted by atomic mass is 32.2. The quantitative estimate of drug-likeness (QED) is 0.456. The number of nitrogens with zero attached hydrogens (tertiary/aromatic N) is 4. The molecule has 1 N–H and O–H groups in total. The van der Waals surface area contributed by atoms with E-state index in [0.717, 1.165) is 31.0 Å². The van der Waals surface area contributed by atoms with Crippen molar-refractivity contribution in [1.29, 1.82) is 0 Å². The fourth-order valence-corrected chi connectivity index (χ4v) is 4.36. The van der Waals surface area contributed by atoms with E-state index >= 15 is 0 Å². The average Bonchev–Trinajstić information content (AvgIpc) is 3.20. The van der Waals surface area contributed by atoms with E-state index in [2.05, 4.69) is 27.3 Å². The lowest BCUT2D eigenvalue weighted by Crippen LogP contribution is -2.33. The van der Waals surface area contributed by atoms with Crippen molar-refractivity contribution in [1.82, 2.24) is 25.0 Å². The first-order valence-electron chi connectivity index (χ1n) is 10.4. The topological polar surface area (TPSA) is 72.3 Å². The van der Waals surface area contributed by atoms with E-state index < -0.39 is 0 Å². The van der Waals surface area contributed by atoms with Crippen molar-refractivity contribution < 1.29 is 13.9 Å². The number of halogens is 1. The first kappa shape index (κ1) is 22.7. The van der Waals surface area contributed by atoms with Crippen molar-refractivity contribution in [3.63, 3.8) is 0 Å². The van der Waals surface area contributed by atoms with Crippen LogP contribution in [0.4, 0.5) is 4.39 Å². The van der Waals surface area contributed by atoms with Crippen molar-refractivity contribution in [2.75, 3.05) is 39.1 Å². The maximum absolute atomic E-state index is 13.5. The molecule has 9 heteroatoms. The molecule has 1 saturated heterocycles. The third-order valence-electron chi connectivity index (χ3n) is 5.24. The van der Waals surface area contributed by atoms with Gasteiger partial charge in [-0.3, -0.25) is 14.3 Å². The predicted molar refractivity (Wildman–Crippen MR) is 115 cm³/mol. The zero-order chi connectivity index (χ0) is 21.3. The van der Waals surface area contributed by atoms with Crippen LogP contribution in [0.5, 0.6) is 0 Å². The zero-order valence-corrected chi connectivity index (χ0v) is 18.5. The number of methoxy groups -OCH3 is 1. The molecule has 1 atom stereocenters. The summed E-state index contributed by atoms with van der Waals surface area (Å²) in [5, 5.41) is 12.3. The second-order valence-electron chi connectivity index (χ2n) is 7.41. The Balaban J connectivity index is 1.76. The Morgan fingerprint density at radius 2 is 1.97 bits per heavy atom. The second-order valence-corrected chi connectivity index (χ2v) is 8.35. The van der Waals surface area contributed by atoms with E-state index in [1.807, 2.05) is 4.57 Å². The van der Waals surface area contributed by atoms with Gasteiger partial charge in [0, 0.05) is 25.9 Å². The number of carbonyl (C=O) groups excluding carboxylic acids is 1. The molecule has 1 amide bonds. The fraction of sp³-hybridized carbons (Fsp3) is 0.571. The largest absolute Gasteiger partial charge is 0.385 e. The van der Waals surface area contributed by atoms with Crippen molar-refractivity contribution >= 4 is 17.7 Å². The first-order valence-corrected chi connectivity index (χ1v) is 11.4. The third kappa shape index (κ3) is 6.02. The van der Waals surface area contributed by atoms with Gasteiger partial charge in [-0.25, -0.2) is 4.39 Å². The van der Waals surface area contributed by atoms with E-state index in [9.17, 15) is 9.18 Å². The maximum atomic E-state index is 13.5. The number of rotatable bonds is 10. The molecule has 0 spiro atoms. The van der Waals surface area contributed by atoms with Crippen LogP contribution in [-0.4, -0.2) is 64.7 Å². The number of thioether (sulfide) groups is 1. The molecule has 0 aliphatic carbocycles. The highest BCUT2D eigenvalue weighted by molar-refractivity contribution is 7.99. The number of likely N-dealkylation sites (tertiary alicyclic amines) is 1. The summed E-state index contributed by atoms with van der Waals surface area (Å²) in [5.74, 6) is 0.703. The van der Waals surface area contributed by atoms with Crippen LogP contribution in [0.15, 0.2) is 29.4 Å². The van der Waals surface area contributed by atoms with Gasteiger partial charge in [0.15, 0.2) is 11.0 Å². The Labute approximate surface area is 181 Å². The molecular weight excluding hydrogens is 405 g/mol. The third-order valence-corrected chi connectivity index (χ3v) is 6.16. The van der Waals surface area contributed by atoms with Gasteiger partial charge in [-0.05, 0) is 63.5 Å². The van der Waals surface area contributed by atoms with Crippen molar-refractivity contribution in [3.05, 3.63) is 35.9 Å². The number of benzene rings is 1. The smallest absolute Gasteiger partial charge is 0.230 e. The molecule has 30 heavy (non-hydrogen) atoms. The van der Waals surface area contributed by atoms with Gasteiger partial charge in [0.2, 0.25) is 5.91 Å². The number of piperidine rings is 1. The Kier molecular flexibility index (Phi) is 8.65. The van der Waals surface area contributed by atoms with Crippen molar-refractivity contribution in [2.24, 2.45) is 0 Å². The van der Waals surface area contributed by atoms with Gasteiger partial charge >= 0.3 is 0 Å². The number of aromatic nitrogens is 3. The molecular formula is C21H30FN5O2S. The Bertz CT molecular complexity index is 808. The predicted octanol–water partition coefficient (Wildman–Crippen LogP) is 3.20. The van der Waals surface area contributed by atoms with Crippen LogP contribution in [0.25, 0.3) is 5.69 Å². The monoisotopic (exact) mass is 435 g/mol. The SMILES string of the molecule is COCCCNC(=O)CSc1nnc(C(C)N2CCCCC2)n1-c1ccc(F)cc1. The lowest BCUT2D eigenvalue weighted by atomic mass is 10.1. The summed E-state index contributed by atoms with van der Waals surface area (Å²) in [7, 11) is 1.64. The van der Waals surface area contributed by atoms with E-state index in [4.69, 9.17) is 4.74 Å². The number of hydrogen-bond acceptors (Lipinski definition) is 6. The molecule has 0 saturated carbocycles. The molecule has 3 rings (SSSR count). The molecule has 1 aromatic heterocycles. The van der Waals surface area contributed by atoms with Gasteiger partial charge in [-0.1, -0.05) is 18.2 Å². The first-order chi connectivity index (χ1) is 14.6. The molecule has 164 valence electrons. The molecule has 2 aromatic rings. The molecule has 2 heterocycles. The highest BCUT2D eigenvalue weighted by Crippen LogP contribution is 2.29. The van der Waals surface area contributed by atoms with Gasteiger partial charge in [0.05, 0.1) is 11.8 Å². The Morgan fingerprint density at radius 1 is 1.23 bits per heavy atom. The van der Waals surface area contributed by atoms with Crippen LogP contribution in [0, 0.1) is 5.82 Å². The molecule has 1 aliphatic rings. The molecule has 7 nitrogen and oxygen atoms in total. The van der Waals surface area contributed by atoms with Gasteiger partial charge in [-0.2, -0.15) is 0 Å². The minimum absolute atomic E-state index is 0.0598. The number of hydrogen-bond donors (Lipinski definition) is 1. The maximum Gasteiger partial charge on any atom is 0.230 e. The molecule has 1 unspecified atom stereocenters. The normalized spacial score (nSPS) is 15.8. The Hall–Kier alpha value is -1.97. The van der Waals surface area contributed by atoms with E-state index in [0.29, 0.717) is 18.3 Å². The van der Waals surface area contributed by atoms with Crippen LogP contribution in [-0.2, 0) is 9.53 Å². The number of ether oxygens (including phenoxy) is 1.